The summed E-state index contributed by atoms with van der Waals surface area (Å²) in [6.45, 7) is 5.27. The van der Waals surface area contributed by atoms with Crippen molar-refractivity contribution in [2.75, 3.05) is 19.7 Å². The van der Waals surface area contributed by atoms with Crippen LogP contribution in [0.5, 0.6) is 5.75 Å². The molecule has 0 spiro atoms. The van der Waals surface area contributed by atoms with Gasteiger partial charge in [0.2, 0.25) is 0 Å². The summed E-state index contributed by atoms with van der Waals surface area (Å²) in [5, 5.41) is 3.46. The molecule has 1 unspecified atom stereocenters. The summed E-state index contributed by atoms with van der Waals surface area (Å²) in [6.07, 6.45) is 4.92. The summed E-state index contributed by atoms with van der Waals surface area (Å²) in [5.74, 6) is 1.73. The van der Waals surface area contributed by atoms with Crippen LogP contribution in [0.3, 0.4) is 0 Å². The van der Waals surface area contributed by atoms with Crippen molar-refractivity contribution in [3.05, 3.63) is 29.8 Å². The standard InChI is InChI=1S/C15H23NO/c1-2-12-17-15-7-5-14(6-8-15)13-4-3-10-16-11-9-13/h5-8,13,16H,2-4,9-12H2,1H3. The van der Waals surface area contributed by atoms with Crippen LogP contribution in [0.4, 0.5) is 0 Å². The average Bonchev–Trinajstić information content (AvgIpc) is 2.66. The largest absolute Gasteiger partial charge is 0.494 e. The van der Waals surface area contributed by atoms with Crippen LogP contribution in [0.25, 0.3) is 0 Å². The van der Waals surface area contributed by atoms with E-state index in [0.717, 1.165) is 31.2 Å². The van der Waals surface area contributed by atoms with Gasteiger partial charge >= 0.3 is 0 Å². The van der Waals surface area contributed by atoms with Gasteiger partial charge in [0.1, 0.15) is 5.75 Å². The van der Waals surface area contributed by atoms with E-state index in [-0.39, 0.29) is 0 Å². The molecule has 2 nitrogen and oxygen atoms in total. The average molecular weight is 233 g/mol. The van der Waals surface area contributed by atoms with Crippen molar-refractivity contribution in [1.29, 1.82) is 0 Å². The molecule has 1 atom stereocenters. The summed E-state index contributed by atoms with van der Waals surface area (Å²) in [6, 6.07) is 8.70. The van der Waals surface area contributed by atoms with Gasteiger partial charge in [-0.3, -0.25) is 0 Å². The molecule has 17 heavy (non-hydrogen) atoms. The van der Waals surface area contributed by atoms with E-state index in [1.54, 1.807) is 0 Å². The predicted octanol–water partition coefficient (Wildman–Crippen LogP) is 3.33. The summed E-state index contributed by atoms with van der Waals surface area (Å²) < 4.78 is 5.61. The van der Waals surface area contributed by atoms with Gasteiger partial charge in [0.05, 0.1) is 6.61 Å². The van der Waals surface area contributed by atoms with Crippen LogP contribution in [0.1, 0.15) is 44.1 Å². The van der Waals surface area contributed by atoms with Gasteiger partial charge in [-0.1, -0.05) is 19.1 Å². The molecule has 1 aliphatic heterocycles. The molecule has 1 N–H and O–H groups in total. The Morgan fingerprint density at radius 1 is 1.18 bits per heavy atom. The molecule has 1 saturated heterocycles. The zero-order valence-electron chi connectivity index (χ0n) is 10.7. The smallest absolute Gasteiger partial charge is 0.119 e. The normalized spacial score (nSPS) is 20.9. The Morgan fingerprint density at radius 2 is 2.00 bits per heavy atom. The molecular weight excluding hydrogens is 210 g/mol. The fourth-order valence-corrected chi connectivity index (χ4v) is 2.41. The van der Waals surface area contributed by atoms with Crippen molar-refractivity contribution >= 4 is 0 Å². The molecule has 0 amide bonds. The van der Waals surface area contributed by atoms with Crippen LogP contribution in [0, 0.1) is 0 Å². The van der Waals surface area contributed by atoms with Gasteiger partial charge in [-0.05, 0) is 62.4 Å². The van der Waals surface area contributed by atoms with Gasteiger partial charge in [-0.15, -0.1) is 0 Å². The van der Waals surface area contributed by atoms with Crippen LogP contribution in [-0.4, -0.2) is 19.7 Å². The fourth-order valence-electron chi connectivity index (χ4n) is 2.41. The van der Waals surface area contributed by atoms with E-state index >= 15 is 0 Å². The molecule has 94 valence electrons. The third-order valence-corrected chi connectivity index (χ3v) is 3.40. The molecule has 0 bridgehead atoms. The molecule has 1 heterocycles. The highest BCUT2D eigenvalue weighted by Crippen LogP contribution is 2.27. The van der Waals surface area contributed by atoms with Crippen LogP contribution in [0.15, 0.2) is 24.3 Å². The molecule has 1 aliphatic rings. The summed E-state index contributed by atoms with van der Waals surface area (Å²) in [4.78, 5) is 0. The lowest BCUT2D eigenvalue weighted by Crippen LogP contribution is -2.13. The molecular formula is C15H23NO. The van der Waals surface area contributed by atoms with Crippen molar-refractivity contribution in [2.45, 2.75) is 38.5 Å². The quantitative estimate of drug-likeness (QED) is 0.861. The van der Waals surface area contributed by atoms with E-state index in [9.17, 15) is 0 Å². The topological polar surface area (TPSA) is 21.3 Å². The summed E-state index contributed by atoms with van der Waals surface area (Å²) in [7, 11) is 0. The Labute approximate surface area is 104 Å². The molecule has 1 aromatic rings. The first kappa shape index (κ1) is 12.4. The maximum atomic E-state index is 5.61. The third kappa shape index (κ3) is 3.74. The Morgan fingerprint density at radius 3 is 2.76 bits per heavy atom. The van der Waals surface area contributed by atoms with Crippen molar-refractivity contribution in [2.24, 2.45) is 0 Å². The van der Waals surface area contributed by atoms with Crippen LogP contribution >= 0.6 is 0 Å². The first-order valence-corrected chi connectivity index (χ1v) is 6.83. The van der Waals surface area contributed by atoms with Gasteiger partial charge in [-0.2, -0.15) is 0 Å². The Hall–Kier alpha value is -1.02. The van der Waals surface area contributed by atoms with E-state index in [2.05, 4.69) is 36.5 Å². The summed E-state index contributed by atoms with van der Waals surface area (Å²) >= 11 is 0. The minimum atomic E-state index is 0.727. The van der Waals surface area contributed by atoms with Crippen molar-refractivity contribution < 1.29 is 4.74 Å². The van der Waals surface area contributed by atoms with Crippen molar-refractivity contribution in [3.8, 4) is 5.75 Å². The Bertz CT molecular complexity index is 312. The first-order chi connectivity index (χ1) is 8.40. The van der Waals surface area contributed by atoms with Gasteiger partial charge in [0.15, 0.2) is 0 Å². The number of hydrogen-bond acceptors (Lipinski definition) is 2. The highest BCUT2D eigenvalue weighted by Gasteiger charge is 2.13. The van der Waals surface area contributed by atoms with E-state index in [0.29, 0.717) is 0 Å². The van der Waals surface area contributed by atoms with Crippen LogP contribution < -0.4 is 10.1 Å². The Kier molecular flexibility index (Phi) is 4.87. The molecule has 0 saturated carbocycles. The second-order valence-corrected chi connectivity index (χ2v) is 4.80. The zero-order chi connectivity index (χ0) is 11.9. The molecule has 0 radical (unpaired) electrons. The highest BCUT2D eigenvalue weighted by atomic mass is 16.5. The SMILES string of the molecule is CCCOc1ccc(C2CCCNCC2)cc1. The van der Waals surface area contributed by atoms with E-state index in [1.165, 1.54) is 31.4 Å². The monoisotopic (exact) mass is 233 g/mol. The fraction of sp³-hybridized carbons (Fsp3) is 0.600. The molecule has 0 aliphatic carbocycles. The molecule has 1 aromatic carbocycles. The van der Waals surface area contributed by atoms with Crippen LogP contribution in [0.2, 0.25) is 0 Å². The maximum absolute atomic E-state index is 5.61. The van der Waals surface area contributed by atoms with Gasteiger partial charge in [-0.25, -0.2) is 0 Å². The molecule has 2 rings (SSSR count). The van der Waals surface area contributed by atoms with Crippen molar-refractivity contribution in [1.82, 2.24) is 5.32 Å². The van der Waals surface area contributed by atoms with Gasteiger partial charge < -0.3 is 10.1 Å². The number of hydrogen-bond donors (Lipinski definition) is 1. The second kappa shape index (κ2) is 6.65. The van der Waals surface area contributed by atoms with Crippen LogP contribution in [-0.2, 0) is 0 Å². The van der Waals surface area contributed by atoms with E-state index in [1.807, 2.05) is 0 Å². The number of nitrogens with one attached hydrogen (secondary N) is 1. The number of rotatable bonds is 4. The third-order valence-electron chi connectivity index (χ3n) is 3.40. The first-order valence-electron chi connectivity index (χ1n) is 6.83. The zero-order valence-corrected chi connectivity index (χ0v) is 10.7. The lowest BCUT2D eigenvalue weighted by Gasteiger charge is -2.14. The summed E-state index contributed by atoms with van der Waals surface area (Å²) in [5.41, 5.74) is 1.47. The molecule has 1 fully saturated rings. The minimum absolute atomic E-state index is 0.727. The molecule has 0 aromatic heterocycles. The van der Waals surface area contributed by atoms with Gasteiger partial charge in [0, 0.05) is 0 Å². The lowest BCUT2D eigenvalue weighted by molar-refractivity contribution is 0.317. The number of benzene rings is 1. The Balaban J connectivity index is 1.96. The molecule has 2 heteroatoms. The van der Waals surface area contributed by atoms with Crippen molar-refractivity contribution in [3.63, 3.8) is 0 Å². The maximum Gasteiger partial charge on any atom is 0.119 e. The second-order valence-electron chi connectivity index (χ2n) is 4.80. The van der Waals surface area contributed by atoms with E-state index in [4.69, 9.17) is 4.74 Å². The van der Waals surface area contributed by atoms with Gasteiger partial charge in [0.25, 0.3) is 0 Å². The van der Waals surface area contributed by atoms with E-state index < -0.39 is 0 Å². The lowest BCUT2D eigenvalue weighted by atomic mass is 9.92. The number of ether oxygens (including phenoxy) is 1. The predicted molar refractivity (Wildman–Crippen MR) is 71.7 cm³/mol. The minimum Gasteiger partial charge on any atom is -0.494 e. The highest BCUT2D eigenvalue weighted by molar-refractivity contribution is 5.29.